The second-order valence-electron chi connectivity index (χ2n) is 5.15. The van der Waals surface area contributed by atoms with Gasteiger partial charge < -0.3 is 10.5 Å². The van der Waals surface area contributed by atoms with E-state index in [1.54, 1.807) is 12.3 Å². The van der Waals surface area contributed by atoms with Crippen LogP contribution in [0.2, 0.25) is 0 Å². The van der Waals surface area contributed by atoms with E-state index in [-0.39, 0.29) is 17.5 Å². The van der Waals surface area contributed by atoms with Gasteiger partial charge in [0.15, 0.2) is 0 Å². The number of thiophene rings is 1. The predicted molar refractivity (Wildman–Crippen MR) is 94.8 cm³/mol. The van der Waals surface area contributed by atoms with Gasteiger partial charge >= 0.3 is 0 Å². The van der Waals surface area contributed by atoms with Gasteiger partial charge in [-0.2, -0.15) is 0 Å². The summed E-state index contributed by atoms with van der Waals surface area (Å²) in [6.07, 6.45) is 2.68. The van der Waals surface area contributed by atoms with E-state index in [2.05, 4.69) is 19.7 Å². The molecule has 0 aliphatic carbocycles. The number of nitrogen functional groups attached to an aromatic ring is 1. The van der Waals surface area contributed by atoms with E-state index in [1.807, 2.05) is 13.0 Å². The van der Waals surface area contributed by atoms with Crippen LogP contribution in [0.15, 0.2) is 18.3 Å². The summed E-state index contributed by atoms with van der Waals surface area (Å²) in [7, 11) is -2.02. The molecule has 3 N–H and O–H groups in total. The molecule has 126 valence electrons. The third kappa shape index (κ3) is 3.24. The number of nitrogens with two attached hydrogens (primary N) is 1. The van der Waals surface area contributed by atoms with E-state index >= 15 is 0 Å². The Balaban J connectivity index is 2.12. The summed E-state index contributed by atoms with van der Waals surface area (Å²) in [5.74, 6) is 0.422. The van der Waals surface area contributed by atoms with Gasteiger partial charge in [-0.3, -0.25) is 4.72 Å². The number of nitrogens with one attached hydrogen (secondary N) is 1. The molecular formula is C14H15N5O3S2. The number of hydrogen-bond acceptors (Lipinski definition) is 8. The molecule has 0 saturated carbocycles. The van der Waals surface area contributed by atoms with Crippen LogP contribution in [0.25, 0.3) is 20.7 Å². The average Bonchev–Trinajstić information content (AvgIpc) is 2.89. The van der Waals surface area contributed by atoms with Crippen LogP contribution in [-0.2, 0) is 10.0 Å². The van der Waals surface area contributed by atoms with Crippen molar-refractivity contribution < 1.29 is 13.2 Å². The molecule has 0 saturated heterocycles. The molecule has 10 heteroatoms. The number of aromatic nitrogens is 3. The smallest absolute Gasteiger partial charge is 0.238 e. The molecule has 3 rings (SSSR count). The molecule has 3 aromatic rings. The van der Waals surface area contributed by atoms with E-state index in [4.69, 9.17) is 10.5 Å². The number of methoxy groups -OCH3 is 1. The second kappa shape index (κ2) is 5.87. The number of sulfonamides is 1. The van der Waals surface area contributed by atoms with Gasteiger partial charge in [0.25, 0.3) is 0 Å². The molecule has 0 fully saturated rings. The van der Waals surface area contributed by atoms with Crippen LogP contribution in [0.1, 0.15) is 5.69 Å². The Morgan fingerprint density at radius 1 is 1.29 bits per heavy atom. The van der Waals surface area contributed by atoms with Crippen LogP contribution in [0.5, 0.6) is 5.88 Å². The molecule has 0 aliphatic rings. The van der Waals surface area contributed by atoms with Crippen molar-refractivity contribution in [2.45, 2.75) is 6.92 Å². The third-order valence-corrected chi connectivity index (χ3v) is 4.89. The first kappa shape index (κ1) is 16.4. The normalized spacial score (nSPS) is 11.6. The van der Waals surface area contributed by atoms with E-state index in [1.165, 1.54) is 18.4 Å². The minimum absolute atomic E-state index is 0.200. The summed E-state index contributed by atoms with van der Waals surface area (Å²) in [4.78, 5) is 14.2. The van der Waals surface area contributed by atoms with Crippen molar-refractivity contribution in [3.63, 3.8) is 0 Å². The van der Waals surface area contributed by atoms with Gasteiger partial charge in [-0.1, -0.05) is 0 Å². The van der Waals surface area contributed by atoms with E-state index < -0.39 is 10.0 Å². The van der Waals surface area contributed by atoms with Crippen molar-refractivity contribution in [3.8, 4) is 16.3 Å². The number of fused-ring (bicyclic) bond motifs is 1. The number of pyridine rings is 1. The Labute approximate surface area is 142 Å². The number of hydrogen-bond donors (Lipinski definition) is 2. The summed E-state index contributed by atoms with van der Waals surface area (Å²) in [6, 6.07) is 3.60. The van der Waals surface area contributed by atoms with Gasteiger partial charge in [0.2, 0.25) is 21.9 Å². The highest BCUT2D eigenvalue weighted by atomic mass is 32.2. The average molecular weight is 365 g/mol. The fourth-order valence-corrected chi connectivity index (χ4v) is 3.87. The maximum atomic E-state index is 11.5. The van der Waals surface area contributed by atoms with Gasteiger partial charge in [-0.25, -0.2) is 23.4 Å². The first-order valence-corrected chi connectivity index (χ1v) is 9.53. The van der Waals surface area contributed by atoms with Crippen molar-refractivity contribution in [2.24, 2.45) is 0 Å². The number of rotatable bonds is 4. The predicted octanol–water partition coefficient (Wildman–Crippen LogP) is 2.02. The lowest BCUT2D eigenvalue weighted by atomic mass is 10.2. The Morgan fingerprint density at radius 3 is 2.71 bits per heavy atom. The highest BCUT2D eigenvalue weighted by molar-refractivity contribution is 7.92. The van der Waals surface area contributed by atoms with Crippen molar-refractivity contribution in [3.05, 3.63) is 24.0 Å². The summed E-state index contributed by atoms with van der Waals surface area (Å²) in [5.41, 5.74) is 7.48. The number of aryl methyl sites for hydroxylation is 1. The van der Waals surface area contributed by atoms with E-state index in [9.17, 15) is 8.42 Å². The van der Waals surface area contributed by atoms with Gasteiger partial charge in [0.1, 0.15) is 10.5 Å². The maximum absolute atomic E-state index is 11.5. The van der Waals surface area contributed by atoms with E-state index in [0.29, 0.717) is 0 Å². The van der Waals surface area contributed by atoms with Gasteiger partial charge in [-0.05, 0) is 19.1 Å². The fourth-order valence-electron chi connectivity index (χ4n) is 2.25. The first-order chi connectivity index (χ1) is 11.3. The van der Waals surface area contributed by atoms with Gasteiger partial charge in [-0.15, -0.1) is 11.3 Å². The lowest BCUT2D eigenvalue weighted by molar-refractivity contribution is 0.400. The molecule has 0 aromatic carbocycles. The molecule has 0 atom stereocenters. The molecule has 3 heterocycles. The standard InChI is InChI=1S/C14H15N5O3S2/c1-7-9-5-11(23-13(9)18-14(15)17-7)8-4-10(19-24(3,20)21)12(22-2)16-6-8/h4-6,19H,1-3H3,(H2,15,17,18). The molecule has 0 radical (unpaired) electrons. The topological polar surface area (TPSA) is 120 Å². The summed E-state index contributed by atoms with van der Waals surface area (Å²) >= 11 is 1.43. The van der Waals surface area contributed by atoms with Crippen LogP contribution >= 0.6 is 11.3 Å². The Bertz CT molecular complexity index is 1030. The second-order valence-corrected chi connectivity index (χ2v) is 7.93. The zero-order valence-electron chi connectivity index (χ0n) is 13.2. The molecule has 3 aromatic heterocycles. The molecule has 0 unspecified atom stereocenters. The number of ether oxygens (including phenoxy) is 1. The summed E-state index contributed by atoms with van der Waals surface area (Å²) in [6.45, 7) is 1.86. The van der Waals surface area contributed by atoms with E-state index in [0.717, 1.165) is 32.6 Å². The first-order valence-electron chi connectivity index (χ1n) is 6.82. The monoisotopic (exact) mass is 365 g/mol. The van der Waals surface area contributed by atoms with Gasteiger partial charge in [0, 0.05) is 22.0 Å². The molecule has 0 aliphatic heterocycles. The third-order valence-electron chi connectivity index (χ3n) is 3.22. The quantitative estimate of drug-likeness (QED) is 0.725. The lowest BCUT2D eigenvalue weighted by Gasteiger charge is -2.09. The van der Waals surface area contributed by atoms with Crippen LogP contribution in [-0.4, -0.2) is 36.7 Å². The van der Waals surface area contributed by atoms with Crippen LogP contribution in [0.3, 0.4) is 0 Å². The lowest BCUT2D eigenvalue weighted by Crippen LogP contribution is -2.11. The summed E-state index contributed by atoms with van der Waals surface area (Å²) < 4.78 is 30.5. The molecular weight excluding hydrogens is 350 g/mol. The molecule has 24 heavy (non-hydrogen) atoms. The van der Waals surface area contributed by atoms with Crippen LogP contribution < -0.4 is 15.2 Å². The number of nitrogens with zero attached hydrogens (tertiary/aromatic N) is 3. The van der Waals surface area contributed by atoms with Crippen LogP contribution in [0, 0.1) is 6.92 Å². The Hall–Kier alpha value is -2.46. The largest absolute Gasteiger partial charge is 0.480 e. The molecule has 0 spiro atoms. The van der Waals surface area contributed by atoms with Crippen molar-refractivity contribution in [1.29, 1.82) is 0 Å². The SMILES string of the molecule is COc1ncc(-c2cc3c(C)nc(N)nc3s2)cc1NS(C)(=O)=O. The maximum Gasteiger partial charge on any atom is 0.238 e. The number of anilines is 2. The van der Waals surface area contributed by atoms with Crippen LogP contribution in [0.4, 0.5) is 11.6 Å². The van der Waals surface area contributed by atoms with Crippen molar-refractivity contribution in [2.75, 3.05) is 23.8 Å². The minimum Gasteiger partial charge on any atom is -0.480 e. The molecule has 0 amide bonds. The summed E-state index contributed by atoms with van der Waals surface area (Å²) in [5, 5.41) is 0.901. The minimum atomic E-state index is -3.45. The zero-order valence-corrected chi connectivity index (χ0v) is 14.8. The van der Waals surface area contributed by atoms with Crippen molar-refractivity contribution in [1.82, 2.24) is 15.0 Å². The molecule has 0 bridgehead atoms. The fraction of sp³-hybridized carbons (Fsp3) is 0.214. The van der Waals surface area contributed by atoms with Gasteiger partial charge in [0.05, 0.1) is 19.1 Å². The Morgan fingerprint density at radius 2 is 2.04 bits per heavy atom. The highest BCUT2D eigenvalue weighted by Crippen LogP contribution is 2.36. The molecule has 8 nitrogen and oxygen atoms in total. The highest BCUT2D eigenvalue weighted by Gasteiger charge is 2.14. The Kier molecular flexibility index (Phi) is 4.01. The zero-order chi connectivity index (χ0) is 17.5. The van der Waals surface area contributed by atoms with Crippen molar-refractivity contribution >= 4 is 43.2 Å².